The van der Waals surface area contributed by atoms with Crippen LogP contribution in [0.2, 0.25) is 0 Å². The van der Waals surface area contributed by atoms with Gasteiger partial charge in [0.05, 0.1) is 38.4 Å². The van der Waals surface area contributed by atoms with Crippen LogP contribution in [0.1, 0.15) is 44.7 Å². The van der Waals surface area contributed by atoms with Crippen LogP contribution < -0.4 is 13.8 Å². The fourth-order valence-electron chi connectivity index (χ4n) is 3.18. The number of nitrogens with zero attached hydrogens (tertiary/aromatic N) is 1. The molecule has 0 atom stereocenters. The lowest BCUT2D eigenvalue weighted by atomic mass is 10.1. The van der Waals surface area contributed by atoms with Crippen molar-refractivity contribution in [1.82, 2.24) is 0 Å². The lowest BCUT2D eigenvalue weighted by Gasteiger charge is -2.17. The highest BCUT2D eigenvalue weighted by molar-refractivity contribution is 7.92. The van der Waals surface area contributed by atoms with E-state index in [9.17, 15) is 13.2 Å². The van der Waals surface area contributed by atoms with Crippen molar-refractivity contribution in [3.05, 3.63) is 59.4 Å². The molecule has 0 aliphatic rings. The topological polar surface area (TPSA) is 91.4 Å². The predicted octanol–water partition coefficient (Wildman–Crippen LogP) is 4.82. The summed E-state index contributed by atoms with van der Waals surface area (Å²) < 4.78 is 47.2. The molecule has 8 nitrogen and oxygen atoms in total. The number of anilines is 1. The molecule has 9 heteroatoms. The van der Waals surface area contributed by atoms with Crippen molar-refractivity contribution in [3.8, 4) is 11.5 Å². The third-order valence-electron chi connectivity index (χ3n) is 5.24. The smallest absolute Gasteiger partial charge is 0.373 e. The van der Waals surface area contributed by atoms with E-state index >= 15 is 0 Å². The zero-order valence-electron chi connectivity index (χ0n) is 21.8. The lowest BCUT2D eigenvalue weighted by Crippen LogP contribution is -2.24. The molecule has 0 aliphatic carbocycles. The first-order chi connectivity index (χ1) is 17.2. The summed E-state index contributed by atoms with van der Waals surface area (Å²) in [5.74, 6) is 0.812. The molecule has 36 heavy (non-hydrogen) atoms. The van der Waals surface area contributed by atoms with Gasteiger partial charge in [0.25, 0.3) is 0 Å². The van der Waals surface area contributed by atoms with Crippen molar-refractivity contribution in [2.45, 2.75) is 40.0 Å². The van der Waals surface area contributed by atoms with Crippen LogP contribution in [0.4, 0.5) is 5.69 Å². The predicted molar refractivity (Wildman–Crippen MR) is 142 cm³/mol. The molecule has 0 aliphatic heterocycles. The molecular weight excluding hydrogens is 482 g/mol. The van der Waals surface area contributed by atoms with Crippen molar-refractivity contribution in [2.75, 3.05) is 44.0 Å². The molecule has 0 fully saturated rings. The molecule has 0 aromatic heterocycles. The quantitative estimate of drug-likeness (QED) is 0.144. The summed E-state index contributed by atoms with van der Waals surface area (Å²) in [6, 6.07) is 12.8. The molecule has 0 saturated heterocycles. The number of esters is 1. The Balaban J connectivity index is 2.14. The SMILES string of the molecule is CCCCOc1cc(/C=C(\OCC)C(=O)OCC)ccc1OCCc1ccc(N(C)S(C)(=O)=O)cc1. The summed E-state index contributed by atoms with van der Waals surface area (Å²) in [5.41, 5.74) is 2.35. The fourth-order valence-corrected chi connectivity index (χ4v) is 3.69. The maximum Gasteiger partial charge on any atom is 0.373 e. The average molecular weight is 520 g/mol. The van der Waals surface area contributed by atoms with Gasteiger partial charge in [-0.05, 0) is 61.7 Å². The monoisotopic (exact) mass is 519 g/mol. The van der Waals surface area contributed by atoms with Crippen molar-refractivity contribution in [3.63, 3.8) is 0 Å². The summed E-state index contributed by atoms with van der Waals surface area (Å²) >= 11 is 0. The third-order valence-corrected chi connectivity index (χ3v) is 6.45. The molecule has 0 amide bonds. The molecule has 2 rings (SSSR count). The van der Waals surface area contributed by atoms with E-state index in [1.165, 1.54) is 17.6 Å². The number of ether oxygens (including phenoxy) is 4. The minimum absolute atomic E-state index is 0.137. The van der Waals surface area contributed by atoms with Crippen LogP contribution >= 0.6 is 0 Å². The van der Waals surface area contributed by atoms with E-state index < -0.39 is 16.0 Å². The Labute approximate surface area is 214 Å². The van der Waals surface area contributed by atoms with Gasteiger partial charge < -0.3 is 18.9 Å². The molecular formula is C27H37NO7S. The Morgan fingerprint density at radius 3 is 2.19 bits per heavy atom. The second kappa shape index (κ2) is 14.4. The summed E-state index contributed by atoms with van der Waals surface area (Å²) in [6.07, 6.45) is 5.34. The van der Waals surface area contributed by atoms with Crippen LogP contribution in [0.25, 0.3) is 6.08 Å². The van der Waals surface area contributed by atoms with Gasteiger partial charge in [0.15, 0.2) is 11.5 Å². The Bertz CT molecular complexity index is 1110. The van der Waals surface area contributed by atoms with E-state index in [1.54, 1.807) is 32.1 Å². The van der Waals surface area contributed by atoms with E-state index in [0.29, 0.717) is 43.4 Å². The zero-order chi connectivity index (χ0) is 26.6. The summed E-state index contributed by atoms with van der Waals surface area (Å²) in [7, 11) is -1.78. The molecule has 0 spiro atoms. The van der Waals surface area contributed by atoms with Gasteiger partial charge in [0.2, 0.25) is 15.8 Å². The molecule has 0 heterocycles. The van der Waals surface area contributed by atoms with Gasteiger partial charge >= 0.3 is 5.97 Å². The van der Waals surface area contributed by atoms with Crippen molar-refractivity contribution >= 4 is 27.8 Å². The van der Waals surface area contributed by atoms with Crippen molar-refractivity contribution in [1.29, 1.82) is 0 Å². The molecule has 198 valence electrons. The number of rotatable bonds is 15. The molecule has 0 N–H and O–H groups in total. The zero-order valence-corrected chi connectivity index (χ0v) is 22.6. The van der Waals surface area contributed by atoms with Gasteiger partial charge in [-0.15, -0.1) is 0 Å². The molecule has 2 aromatic carbocycles. The molecule has 0 saturated carbocycles. The number of hydrogen-bond acceptors (Lipinski definition) is 7. The van der Waals surface area contributed by atoms with Gasteiger partial charge in [-0.3, -0.25) is 4.31 Å². The average Bonchev–Trinajstić information content (AvgIpc) is 2.84. The third kappa shape index (κ3) is 9.11. The van der Waals surface area contributed by atoms with E-state index in [-0.39, 0.29) is 12.4 Å². The van der Waals surface area contributed by atoms with Gasteiger partial charge in [0, 0.05) is 13.5 Å². The van der Waals surface area contributed by atoms with Gasteiger partial charge in [0.1, 0.15) is 0 Å². The Hall–Kier alpha value is -3.20. The van der Waals surface area contributed by atoms with Gasteiger partial charge in [-0.2, -0.15) is 0 Å². The molecule has 0 radical (unpaired) electrons. The minimum Gasteiger partial charge on any atom is -0.490 e. The maximum atomic E-state index is 12.2. The lowest BCUT2D eigenvalue weighted by molar-refractivity contribution is -0.142. The van der Waals surface area contributed by atoms with Crippen LogP contribution in [0.3, 0.4) is 0 Å². The normalized spacial score (nSPS) is 11.6. The second-order valence-corrected chi connectivity index (χ2v) is 10.1. The van der Waals surface area contributed by atoms with Crippen LogP contribution in [-0.2, 0) is 30.7 Å². The number of sulfonamides is 1. The van der Waals surface area contributed by atoms with Crippen LogP contribution in [0.5, 0.6) is 11.5 Å². The highest BCUT2D eigenvalue weighted by atomic mass is 32.2. The standard InChI is InChI=1S/C27H37NO7S/c1-6-9-17-34-25-19-22(20-26(32-7-2)27(29)33-8-3)12-15-24(25)35-18-16-21-10-13-23(14-11-21)28(4)36(5,30)31/h10-15,19-20H,6-9,16-18H2,1-5H3/b26-20-. The summed E-state index contributed by atoms with van der Waals surface area (Å²) in [4.78, 5) is 12.2. The first-order valence-corrected chi connectivity index (χ1v) is 14.0. The number of benzene rings is 2. The van der Waals surface area contributed by atoms with Crippen LogP contribution in [0, 0.1) is 0 Å². The van der Waals surface area contributed by atoms with Gasteiger partial charge in [-0.25, -0.2) is 13.2 Å². The number of carbonyl (C=O) groups excluding carboxylic acids is 1. The Morgan fingerprint density at radius 1 is 0.917 bits per heavy atom. The second-order valence-electron chi connectivity index (χ2n) is 8.07. The van der Waals surface area contributed by atoms with Crippen molar-refractivity contribution in [2.24, 2.45) is 0 Å². The summed E-state index contributed by atoms with van der Waals surface area (Å²) in [6.45, 7) is 7.21. The first kappa shape index (κ1) is 29.0. The number of hydrogen-bond donors (Lipinski definition) is 0. The highest BCUT2D eigenvalue weighted by Gasteiger charge is 2.14. The largest absolute Gasteiger partial charge is 0.490 e. The number of unbranched alkanes of at least 4 members (excludes halogenated alkanes) is 1. The van der Waals surface area contributed by atoms with E-state index in [4.69, 9.17) is 18.9 Å². The van der Waals surface area contributed by atoms with Crippen molar-refractivity contribution < 1.29 is 32.2 Å². The Morgan fingerprint density at radius 2 is 1.58 bits per heavy atom. The van der Waals surface area contributed by atoms with E-state index in [1.807, 2.05) is 30.3 Å². The fraction of sp³-hybridized carbons (Fsp3) is 0.444. The van der Waals surface area contributed by atoms with Crippen LogP contribution in [0.15, 0.2) is 48.2 Å². The molecule has 2 aromatic rings. The first-order valence-electron chi connectivity index (χ1n) is 12.1. The summed E-state index contributed by atoms with van der Waals surface area (Å²) in [5, 5.41) is 0. The highest BCUT2D eigenvalue weighted by Crippen LogP contribution is 2.30. The van der Waals surface area contributed by atoms with E-state index in [2.05, 4.69) is 6.92 Å². The minimum atomic E-state index is -3.30. The molecule has 0 unspecified atom stereocenters. The Kier molecular flexibility index (Phi) is 11.6. The molecule has 0 bridgehead atoms. The maximum absolute atomic E-state index is 12.2. The van der Waals surface area contributed by atoms with Crippen LogP contribution in [-0.4, -0.2) is 54.1 Å². The van der Waals surface area contributed by atoms with E-state index in [0.717, 1.165) is 24.0 Å². The number of carbonyl (C=O) groups is 1. The van der Waals surface area contributed by atoms with Gasteiger partial charge in [-0.1, -0.05) is 31.5 Å².